The Kier molecular flexibility index (Phi) is 9.41. The third-order valence-corrected chi connectivity index (χ3v) is 8.47. The predicted molar refractivity (Wildman–Crippen MR) is 152 cm³/mol. The normalized spacial score (nSPS) is 20.1. The Morgan fingerprint density at radius 3 is 1.89 bits per heavy atom. The largest absolute Gasteiger partial charge is 0.356 e. The van der Waals surface area contributed by atoms with Gasteiger partial charge in [-0.05, 0) is 74.2 Å². The summed E-state index contributed by atoms with van der Waals surface area (Å²) in [5.74, 6) is 0. The molecular weight excluding hydrogens is 614 g/mol. The number of fused-ring (bicyclic) bond motifs is 2. The molecule has 0 aliphatic carbocycles. The Balaban J connectivity index is 0.000000155. The molecule has 0 amide bonds. The molecule has 6 rings (SSSR count). The van der Waals surface area contributed by atoms with Gasteiger partial charge in [0, 0.05) is 13.2 Å². The average molecular weight is 638 g/mol. The number of rotatable bonds is 4. The van der Waals surface area contributed by atoms with Crippen molar-refractivity contribution in [2.24, 2.45) is 0 Å². The van der Waals surface area contributed by atoms with Crippen LogP contribution in [-0.4, -0.2) is 65.2 Å². The fourth-order valence-corrected chi connectivity index (χ4v) is 6.76. The minimum atomic E-state index is -0.0980. The molecule has 6 heterocycles. The van der Waals surface area contributed by atoms with Crippen LogP contribution in [-0.2, 0) is 9.47 Å². The zero-order valence-electron chi connectivity index (χ0n) is 20.5. The molecule has 0 N–H and O–H groups in total. The lowest BCUT2D eigenvalue weighted by Gasteiger charge is -2.23. The second-order valence-corrected chi connectivity index (χ2v) is 11.5. The second kappa shape index (κ2) is 12.6. The maximum atomic E-state index is 6.16. The summed E-state index contributed by atoms with van der Waals surface area (Å²) in [6.07, 6.45) is 10.1. The van der Waals surface area contributed by atoms with Gasteiger partial charge in [0.15, 0.2) is 23.8 Å². The highest BCUT2D eigenvalue weighted by Crippen LogP contribution is 2.36. The van der Waals surface area contributed by atoms with Crippen LogP contribution in [0.2, 0.25) is 20.9 Å². The van der Waals surface area contributed by atoms with Gasteiger partial charge < -0.3 is 9.47 Å². The Hall–Kier alpha value is -1.12. The van der Waals surface area contributed by atoms with E-state index in [9.17, 15) is 0 Å². The molecule has 2 fully saturated rings. The highest BCUT2D eigenvalue weighted by atomic mass is 35.5. The zero-order valence-corrected chi connectivity index (χ0v) is 25.2. The summed E-state index contributed by atoms with van der Waals surface area (Å²) < 4.78 is 15.2. The standard InChI is InChI=1S/2C11H12Cl2N4OS/c1-19-10-7-8(12)14-11(13)15-9(7)17(16-10)6-4-2-3-5-18-6;1-19-10-7-8(12)14-11(13)15-9(7)16-17(10)6-4-2-3-5-18-6/h2*6H,2-5H2,1H3. The van der Waals surface area contributed by atoms with Crippen LogP contribution in [0, 0.1) is 0 Å². The molecule has 38 heavy (non-hydrogen) atoms. The van der Waals surface area contributed by atoms with E-state index in [1.54, 1.807) is 16.4 Å². The summed E-state index contributed by atoms with van der Waals surface area (Å²) in [5.41, 5.74) is 1.16. The minimum Gasteiger partial charge on any atom is -0.356 e. The molecule has 10 nitrogen and oxygen atoms in total. The van der Waals surface area contributed by atoms with Gasteiger partial charge in [-0.3, -0.25) is 0 Å². The maximum Gasteiger partial charge on any atom is 0.225 e. The van der Waals surface area contributed by atoms with Crippen molar-refractivity contribution in [3.05, 3.63) is 20.9 Å². The van der Waals surface area contributed by atoms with Crippen molar-refractivity contribution in [2.75, 3.05) is 25.7 Å². The predicted octanol–water partition coefficient (Wildman–Crippen LogP) is 7.11. The molecule has 0 aromatic carbocycles. The monoisotopic (exact) mass is 636 g/mol. The summed E-state index contributed by atoms with van der Waals surface area (Å²) in [6.45, 7) is 1.50. The minimum absolute atomic E-state index is 0.0553. The Morgan fingerprint density at radius 1 is 0.711 bits per heavy atom. The summed E-state index contributed by atoms with van der Waals surface area (Å²) in [5, 5.41) is 13.1. The molecule has 16 heteroatoms. The molecule has 204 valence electrons. The van der Waals surface area contributed by atoms with Crippen LogP contribution >= 0.6 is 69.9 Å². The molecular formula is C22H24Cl4N8O2S2. The van der Waals surface area contributed by atoms with Gasteiger partial charge in [-0.25, -0.2) is 19.3 Å². The van der Waals surface area contributed by atoms with E-state index in [4.69, 9.17) is 55.9 Å². The number of hydrogen-bond acceptors (Lipinski definition) is 10. The van der Waals surface area contributed by atoms with Gasteiger partial charge in [0.05, 0.1) is 10.8 Å². The van der Waals surface area contributed by atoms with Gasteiger partial charge in [0.25, 0.3) is 0 Å². The van der Waals surface area contributed by atoms with Crippen molar-refractivity contribution >= 4 is 92.0 Å². The van der Waals surface area contributed by atoms with Crippen molar-refractivity contribution in [1.29, 1.82) is 0 Å². The fourth-order valence-electron chi connectivity index (χ4n) is 4.43. The van der Waals surface area contributed by atoms with Crippen molar-refractivity contribution in [1.82, 2.24) is 39.5 Å². The lowest BCUT2D eigenvalue weighted by Crippen LogP contribution is -2.19. The molecule has 4 aromatic heterocycles. The molecule has 2 atom stereocenters. The number of thioether (sulfide) groups is 2. The highest BCUT2D eigenvalue weighted by Gasteiger charge is 2.25. The first kappa shape index (κ1) is 28.4. The molecule has 0 radical (unpaired) electrons. The highest BCUT2D eigenvalue weighted by molar-refractivity contribution is 7.99. The van der Waals surface area contributed by atoms with E-state index in [2.05, 4.69) is 30.1 Å². The molecule has 2 aliphatic rings. The van der Waals surface area contributed by atoms with E-state index in [-0.39, 0.29) is 23.0 Å². The van der Waals surface area contributed by atoms with Crippen LogP contribution in [0.4, 0.5) is 0 Å². The summed E-state index contributed by atoms with van der Waals surface area (Å²) in [6, 6.07) is 0. The number of ether oxygens (including phenoxy) is 2. The SMILES string of the molecule is CSc1c2c(Cl)nc(Cl)nc2nn1C1CCCCO1.CSc1nn(C2CCCCO2)c2nc(Cl)nc(Cl)c12. The first-order valence-corrected chi connectivity index (χ1v) is 15.9. The summed E-state index contributed by atoms with van der Waals surface area (Å²) >= 11 is 27.1. The molecule has 2 aliphatic heterocycles. The molecule has 0 spiro atoms. The summed E-state index contributed by atoms with van der Waals surface area (Å²) in [7, 11) is 0. The van der Waals surface area contributed by atoms with Crippen LogP contribution in [0.25, 0.3) is 22.1 Å². The topological polar surface area (TPSA) is 106 Å². The maximum absolute atomic E-state index is 6.16. The van der Waals surface area contributed by atoms with Gasteiger partial charge in [0.2, 0.25) is 10.6 Å². The first-order chi connectivity index (χ1) is 18.4. The zero-order chi connectivity index (χ0) is 26.8. The molecule has 0 saturated carbocycles. The van der Waals surface area contributed by atoms with E-state index in [1.165, 1.54) is 11.8 Å². The van der Waals surface area contributed by atoms with Crippen LogP contribution in [0.5, 0.6) is 0 Å². The van der Waals surface area contributed by atoms with Crippen LogP contribution in [0.1, 0.15) is 51.0 Å². The Bertz CT molecular complexity index is 1430. The molecule has 2 saturated heterocycles. The van der Waals surface area contributed by atoms with Gasteiger partial charge >= 0.3 is 0 Å². The second-order valence-electron chi connectivity index (χ2n) is 8.51. The van der Waals surface area contributed by atoms with E-state index in [0.29, 0.717) is 21.6 Å². The van der Waals surface area contributed by atoms with Gasteiger partial charge in [-0.15, -0.1) is 28.6 Å². The van der Waals surface area contributed by atoms with Crippen LogP contribution in [0.15, 0.2) is 10.1 Å². The lowest BCUT2D eigenvalue weighted by molar-refractivity contribution is -0.0441. The lowest BCUT2D eigenvalue weighted by atomic mass is 10.2. The smallest absolute Gasteiger partial charge is 0.225 e. The molecule has 2 unspecified atom stereocenters. The van der Waals surface area contributed by atoms with Crippen molar-refractivity contribution in [3.8, 4) is 0 Å². The quantitative estimate of drug-likeness (QED) is 0.131. The van der Waals surface area contributed by atoms with E-state index < -0.39 is 0 Å². The number of aromatic nitrogens is 8. The molecule has 4 aromatic rings. The number of nitrogens with zero attached hydrogens (tertiary/aromatic N) is 8. The van der Waals surface area contributed by atoms with Crippen LogP contribution in [0.3, 0.4) is 0 Å². The van der Waals surface area contributed by atoms with Gasteiger partial charge in [-0.1, -0.05) is 23.2 Å². The first-order valence-electron chi connectivity index (χ1n) is 11.9. The fraction of sp³-hybridized carbons (Fsp3) is 0.545. The van der Waals surface area contributed by atoms with Crippen LogP contribution < -0.4 is 0 Å². The average Bonchev–Trinajstić information content (AvgIpc) is 3.48. The number of halogens is 4. The van der Waals surface area contributed by atoms with E-state index in [1.807, 2.05) is 17.2 Å². The third kappa shape index (κ3) is 5.83. The third-order valence-electron chi connectivity index (χ3n) is 6.13. The van der Waals surface area contributed by atoms with E-state index in [0.717, 1.165) is 72.6 Å². The summed E-state index contributed by atoms with van der Waals surface area (Å²) in [4.78, 5) is 16.3. The van der Waals surface area contributed by atoms with Gasteiger partial charge in [-0.2, -0.15) is 15.1 Å². The van der Waals surface area contributed by atoms with Crippen molar-refractivity contribution in [2.45, 2.75) is 61.0 Å². The number of hydrogen-bond donors (Lipinski definition) is 0. The van der Waals surface area contributed by atoms with E-state index >= 15 is 0 Å². The van der Waals surface area contributed by atoms with Crippen molar-refractivity contribution in [3.63, 3.8) is 0 Å². The van der Waals surface area contributed by atoms with Gasteiger partial charge in [0.1, 0.15) is 20.4 Å². The van der Waals surface area contributed by atoms with Crippen molar-refractivity contribution < 1.29 is 9.47 Å². The molecule has 0 bridgehead atoms. The Labute approximate surface area is 247 Å². The Morgan fingerprint density at radius 2 is 1.32 bits per heavy atom.